The standard InChI is InChI=1S/C10H16N2O4/c1-10(2,3)16-9(15)12-6-11-7(4-13)8(12)5-14/h6,13-14H,4-5H2,1-3H3. The largest absolute Gasteiger partial charge is 0.443 e. The van der Waals surface area contributed by atoms with Crippen LogP contribution in [-0.2, 0) is 18.0 Å². The van der Waals surface area contributed by atoms with Crippen molar-refractivity contribution in [3.8, 4) is 0 Å². The first kappa shape index (κ1) is 12.7. The van der Waals surface area contributed by atoms with Crippen molar-refractivity contribution in [3.63, 3.8) is 0 Å². The van der Waals surface area contributed by atoms with E-state index in [0.717, 1.165) is 4.57 Å². The van der Waals surface area contributed by atoms with E-state index in [9.17, 15) is 4.79 Å². The number of carbonyl (C=O) groups excluding carboxylic acids is 1. The molecule has 0 saturated carbocycles. The first-order chi connectivity index (χ1) is 7.39. The molecule has 1 heterocycles. The van der Waals surface area contributed by atoms with Crippen molar-refractivity contribution >= 4 is 6.09 Å². The summed E-state index contributed by atoms with van der Waals surface area (Å²) in [5, 5.41) is 18.0. The van der Waals surface area contributed by atoms with Crippen LogP contribution in [0.1, 0.15) is 32.2 Å². The molecule has 1 rings (SSSR count). The highest BCUT2D eigenvalue weighted by molar-refractivity contribution is 5.71. The van der Waals surface area contributed by atoms with E-state index in [1.807, 2.05) is 0 Å². The summed E-state index contributed by atoms with van der Waals surface area (Å²) in [6.45, 7) is 4.52. The van der Waals surface area contributed by atoms with Gasteiger partial charge in [-0.3, -0.25) is 0 Å². The van der Waals surface area contributed by atoms with E-state index in [4.69, 9.17) is 14.9 Å². The fraction of sp³-hybridized carbons (Fsp3) is 0.600. The van der Waals surface area contributed by atoms with E-state index in [0.29, 0.717) is 0 Å². The van der Waals surface area contributed by atoms with Crippen LogP contribution in [0.25, 0.3) is 0 Å². The number of nitrogens with zero attached hydrogens (tertiary/aromatic N) is 2. The predicted octanol–water partition coefficient (Wildman–Crippen LogP) is 0.651. The van der Waals surface area contributed by atoms with Crippen LogP contribution >= 0.6 is 0 Å². The second-order valence-electron chi connectivity index (χ2n) is 4.30. The Hall–Kier alpha value is -1.40. The number of ether oxygens (including phenoxy) is 1. The fourth-order valence-corrected chi connectivity index (χ4v) is 1.18. The molecule has 0 saturated heterocycles. The molecule has 0 amide bonds. The Morgan fingerprint density at radius 2 is 2.06 bits per heavy atom. The quantitative estimate of drug-likeness (QED) is 0.776. The normalized spacial score (nSPS) is 11.6. The van der Waals surface area contributed by atoms with Gasteiger partial charge in [0.15, 0.2) is 0 Å². The van der Waals surface area contributed by atoms with Gasteiger partial charge in [-0.2, -0.15) is 0 Å². The average molecular weight is 228 g/mol. The number of rotatable bonds is 2. The summed E-state index contributed by atoms with van der Waals surface area (Å²) < 4.78 is 6.21. The molecule has 0 fully saturated rings. The highest BCUT2D eigenvalue weighted by Crippen LogP contribution is 2.13. The van der Waals surface area contributed by atoms with E-state index in [1.54, 1.807) is 20.8 Å². The summed E-state index contributed by atoms with van der Waals surface area (Å²) in [6.07, 6.45) is 0.606. The van der Waals surface area contributed by atoms with Crippen LogP contribution in [-0.4, -0.2) is 31.5 Å². The summed E-state index contributed by atoms with van der Waals surface area (Å²) in [6, 6.07) is 0. The third kappa shape index (κ3) is 2.80. The molecule has 0 aliphatic rings. The summed E-state index contributed by atoms with van der Waals surface area (Å²) in [4.78, 5) is 15.5. The highest BCUT2D eigenvalue weighted by Gasteiger charge is 2.21. The lowest BCUT2D eigenvalue weighted by molar-refractivity contribution is 0.0524. The van der Waals surface area contributed by atoms with E-state index in [1.165, 1.54) is 6.33 Å². The van der Waals surface area contributed by atoms with Crippen LogP contribution in [0.2, 0.25) is 0 Å². The third-order valence-electron chi connectivity index (χ3n) is 1.84. The molecule has 0 atom stereocenters. The molecule has 0 bridgehead atoms. The molecule has 6 heteroatoms. The van der Waals surface area contributed by atoms with Gasteiger partial charge in [0.25, 0.3) is 0 Å². The zero-order valence-electron chi connectivity index (χ0n) is 9.60. The Morgan fingerprint density at radius 3 is 2.50 bits per heavy atom. The fourth-order valence-electron chi connectivity index (χ4n) is 1.18. The summed E-state index contributed by atoms with van der Waals surface area (Å²) in [5.41, 5.74) is -0.0990. The van der Waals surface area contributed by atoms with Crippen molar-refractivity contribution < 1.29 is 19.7 Å². The Kier molecular flexibility index (Phi) is 3.66. The molecule has 0 unspecified atom stereocenters. The van der Waals surface area contributed by atoms with Gasteiger partial charge in [0.2, 0.25) is 0 Å². The van der Waals surface area contributed by atoms with Gasteiger partial charge in [-0.15, -0.1) is 0 Å². The maximum absolute atomic E-state index is 11.7. The van der Waals surface area contributed by atoms with Gasteiger partial charge in [-0.1, -0.05) is 0 Å². The number of carbonyl (C=O) groups is 1. The van der Waals surface area contributed by atoms with Crippen molar-refractivity contribution in [2.75, 3.05) is 0 Å². The Labute approximate surface area is 93.5 Å². The molecule has 90 valence electrons. The SMILES string of the molecule is CC(C)(C)OC(=O)n1cnc(CO)c1CO. The molecule has 0 spiro atoms. The maximum Gasteiger partial charge on any atom is 0.420 e. The van der Waals surface area contributed by atoms with Crippen LogP contribution in [0.5, 0.6) is 0 Å². The van der Waals surface area contributed by atoms with Gasteiger partial charge in [0.1, 0.15) is 11.9 Å². The highest BCUT2D eigenvalue weighted by atomic mass is 16.6. The Morgan fingerprint density at radius 1 is 1.44 bits per heavy atom. The molecule has 6 nitrogen and oxygen atoms in total. The van der Waals surface area contributed by atoms with Crippen LogP contribution in [0.3, 0.4) is 0 Å². The predicted molar refractivity (Wildman–Crippen MR) is 55.7 cm³/mol. The lowest BCUT2D eigenvalue weighted by Gasteiger charge is -2.19. The van der Waals surface area contributed by atoms with Crippen LogP contribution in [0.15, 0.2) is 6.33 Å². The van der Waals surface area contributed by atoms with Gasteiger partial charge in [0.05, 0.1) is 24.6 Å². The molecule has 0 aliphatic heterocycles. The molecule has 1 aromatic rings. The molecule has 2 N–H and O–H groups in total. The van der Waals surface area contributed by atoms with E-state index in [2.05, 4.69) is 4.98 Å². The molecule has 16 heavy (non-hydrogen) atoms. The van der Waals surface area contributed by atoms with Crippen LogP contribution in [0.4, 0.5) is 4.79 Å². The molecule has 0 aliphatic carbocycles. The third-order valence-corrected chi connectivity index (χ3v) is 1.84. The monoisotopic (exact) mass is 228 g/mol. The minimum atomic E-state index is -0.622. The van der Waals surface area contributed by atoms with Crippen molar-refractivity contribution in [2.45, 2.75) is 39.6 Å². The topological polar surface area (TPSA) is 84.6 Å². The minimum absolute atomic E-state index is 0.247. The Bertz CT molecular complexity index is 379. The number of aliphatic hydroxyl groups is 2. The zero-order chi connectivity index (χ0) is 12.3. The van der Waals surface area contributed by atoms with Gasteiger partial charge >= 0.3 is 6.09 Å². The van der Waals surface area contributed by atoms with Gasteiger partial charge < -0.3 is 14.9 Å². The number of hydrogen-bond donors (Lipinski definition) is 2. The number of imidazole rings is 1. The van der Waals surface area contributed by atoms with Crippen molar-refractivity contribution in [1.29, 1.82) is 0 Å². The second kappa shape index (κ2) is 4.63. The number of aromatic nitrogens is 2. The molecule has 1 aromatic heterocycles. The van der Waals surface area contributed by atoms with Crippen molar-refractivity contribution in [2.24, 2.45) is 0 Å². The van der Waals surface area contributed by atoms with E-state index < -0.39 is 11.7 Å². The number of hydrogen-bond acceptors (Lipinski definition) is 5. The first-order valence-electron chi connectivity index (χ1n) is 4.89. The molecule has 0 aromatic carbocycles. The Balaban J connectivity index is 2.96. The lowest BCUT2D eigenvalue weighted by atomic mass is 10.2. The van der Waals surface area contributed by atoms with Crippen LogP contribution < -0.4 is 0 Å². The van der Waals surface area contributed by atoms with Gasteiger partial charge in [0, 0.05) is 0 Å². The van der Waals surface area contributed by atoms with Crippen LogP contribution in [0, 0.1) is 0 Å². The smallest absolute Gasteiger partial charge is 0.420 e. The average Bonchev–Trinajstić information content (AvgIpc) is 2.57. The molecule has 0 radical (unpaired) electrons. The molecular formula is C10H16N2O4. The second-order valence-corrected chi connectivity index (χ2v) is 4.30. The lowest BCUT2D eigenvalue weighted by Crippen LogP contribution is -2.27. The first-order valence-corrected chi connectivity index (χ1v) is 4.89. The van der Waals surface area contributed by atoms with Crippen molar-refractivity contribution in [1.82, 2.24) is 9.55 Å². The van der Waals surface area contributed by atoms with E-state index >= 15 is 0 Å². The maximum atomic E-state index is 11.7. The zero-order valence-corrected chi connectivity index (χ0v) is 9.60. The van der Waals surface area contributed by atoms with Gasteiger partial charge in [-0.05, 0) is 20.8 Å². The number of aliphatic hydroxyl groups excluding tert-OH is 2. The van der Waals surface area contributed by atoms with Crippen molar-refractivity contribution in [3.05, 3.63) is 17.7 Å². The summed E-state index contributed by atoms with van der Waals surface area (Å²) >= 11 is 0. The minimum Gasteiger partial charge on any atom is -0.443 e. The summed E-state index contributed by atoms with van der Waals surface area (Å²) in [5.74, 6) is 0. The van der Waals surface area contributed by atoms with Gasteiger partial charge in [-0.25, -0.2) is 14.3 Å². The summed E-state index contributed by atoms with van der Waals surface area (Å²) in [7, 11) is 0. The molecular weight excluding hydrogens is 212 g/mol. The van der Waals surface area contributed by atoms with E-state index in [-0.39, 0.29) is 24.6 Å².